The molecule has 0 amide bonds. The summed E-state index contributed by atoms with van der Waals surface area (Å²) in [4.78, 5) is 7.06. The average Bonchev–Trinajstić information content (AvgIpc) is 2.97. The molecule has 0 aliphatic heterocycles. The van der Waals surface area contributed by atoms with Crippen molar-refractivity contribution < 1.29 is 26.3 Å². The van der Waals surface area contributed by atoms with Crippen molar-refractivity contribution in [3.8, 4) is 5.82 Å². The number of aromatic nitrogens is 3. The second-order valence-corrected chi connectivity index (χ2v) is 4.68. The minimum absolute atomic E-state index is 0.000648. The van der Waals surface area contributed by atoms with E-state index in [9.17, 15) is 26.3 Å². The van der Waals surface area contributed by atoms with Gasteiger partial charge in [-0.05, 0) is 30.3 Å². The Hall–Kier alpha value is -2.58. The Balaban J connectivity index is 2.30. The molecule has 3 aromatic heterocycles. The Morgan fingerprint density at radius 3 is 2.04 bits per heavy atom. The first kappa shape index (κ1) is 15.3. The van der Waals surface area contributed by atoms with Gasteiger partial charge in [-0.3, -0.25) is 0 Å². The summed E-state index contributed by atoms with van der Waals surface area (Å²) in [6.45, 7) is 0. The summed E-state index contributed by atoms with van der Waals surface area (Å²) >= 11 is 0. The monoisotopic (exact) mass is 331 g/mol. The quantitative estimate of drug-likeness (QED) is 0.617. The van der Waals surface area contributed by atoms with Crippen LogP contribution in [0.25, 0.3) is 16.9 Å². The number of hydrogen-bond donors (Lipinski definition) is 0. The molecule has 0 atom stereocenters. The number of fused-ring (bicyclic) bond motifs is 1. The molecule has 0 unspecified atom stereocenters. The molecule has 0 N–H and O–H groups in total. The summed E-state index contributed by atoms with van der Waals surface area (Å²) in [6.07, 6.45) is -6.82. The van der Waals surface area contributed by atoms with Crippen LogP contribution in [0, 0.1) is 0 Å². The third-order valence-corrected chi connectivity index (χ3v) is 3.12. The zero-order valence-electron chi connectivity index (χ0n) is 11.2. The standard InChI is InChI=1S/C14H7F6N3/c15-13(16,17)9-7-10(14(18,19)20)21-12-8(9)3-4-11(22-12)23-5-1-2-6-23/h1-7H. The normalized spacial score (nSPS) is 12.8. The molecule has 0 aliphatic carbocycles. The molecule has 3 nitrogen and oxygen atoms in total. The van der Waals surface area contributed by atoms with E-state index in [-0.39, 0.29) is 11.9 Å². The average molecular weight is 331 g/mol. The van der Waals surface area contributed by atoms with E-state index in [2.05, 4.69) is 9.97 Å². The van der Waals surface area contributed by atoms with Crippen molar-refractivity contribution in [3.63, 3.8) is 0 Å². The molecule has 3 heterocycles. The zero-order valence-corrected chi connectivity index (χ0v) is 11.2. The molecule has 0 aliphatic rings. The largest absolute Gasteiger partial charge is 0.433 e. The van der Waals surface area contributed by atoms with Gasteiger partial charge in [0.2, 0.25) is 0 Å². The number of alkyl halides is 6. The topological polar surface area (TPSA) is 30.7 Å². The molecule has 3 aromatic rings. The molecular weight excluding hydrogens is 324 g/mol. The molecule has 0 fully saturated rings. The molecule has 23 heavy (non-hydrogen) atoms. The van der Waals surface area contributed by atoms with Gasteiger partial charge >= 0.3 is 12.4 Å². The maximum Gasteiger partial charge on any atom is 0.433 e. The Morgan fingerprint density at radius 1 is 0.826 bits per heavy atom. The Bertz CT molecular complexity index is 849. The van der Waals surface area contributed by atoms with Gasteiger partial charge in [0.05, 0.1) is 5.56 Å². The van der Waals surface area contributed by atoms with Gasteiger partial charge in [0.15, 0.2) is 5.65 Å². The van der Waals surface area contributed by atoms with Crippen LogP contribution < -0.4 is 0 Å². The van der Waals surface area contributed by atoms with E-state index in [4.69, 9.17) is 0 Å². The second kappa shape index (κ2) is 4.97. The highest BCUT2D eigenvalue weighted by molar-refractivity contribution is 5.80. The van der Waals surface area contributed by atoms with Crippen LogP contribution in [0.3, 0.4) is 0 Å². The van der Waals surface area contributed by atoms with Crippen molar-refractivity contribution in [1.82, 2.24) is 14.5 Å². The van der Waals surface area contributed by atoms with Crippen LogP contribution in [0.4, 0.5) is 26.3 Å². The molecule has 120 valence electrons. The predicted octanol–water partition coefficient (Wildman–Crippen LogP) is 4.46. The minimum atomic E-state index is -5.00. The van der Waals surface area contributed by atoms with Crippen LogP contribution in [-0.2, 0) is 12.4 Å². The number of nitrogens with zero attached hydrogens (tertiary/aromatic N) is 3. The lowest BCUT2D eigenvalue weighted by molar-refractivity contribution is -0.144. The van der Waals surface area contributed by atoms with Crippen LogP contribution in [0.2, 0.25) is 0 Å². The van der Waals surface area contributed by atoms with Crippen molar-refractivity contribution in [3.05, 3.63) is 54.0 Å². The fourth-order valence-electron chi connectivity index (χ4n) is 2.11. The van der Waals surface area contributed by atoms with E-state index >= 15 is 0 Å². The van der Waals surface area contributed by atoms with Crippen molar-refractivity contribution in [1.29, 1.82) is 0 Å². The predicted molar refractivity (Wildman–Crippen MR) is 68.9 cm³/mol. The third kappa shape index (κ3) is 2.86. The maximum absolute atomic E-state index is 13.0. The lowest BCUT2D eigenvalue weighted by Crippen LogP contribution is -2.14. The van der Waals surface area contributed by atoms with Crippen molar-refractivity contribution in [2.24, 2.45) is 0 Å². The fourth-order valence-corrected chi connectivity index (χ4v) is 2.11. The van der Waals surface area contributed by atoms with Gasteiger partial charge < -0.3 is 4.57 Å². The van der Waals surface area contributed by atoms with Crippen molar-refractivity contribution >= 4 is 11.0 Å². The SMILES string of the molecule is FC(F)(F)c1cc(C(F)(F)F)c2ccc(-n3cccc3)nc2n1. The Morgan fingerprint density at radius 2 is 1.48 bits per heavy atom. The second-order valence-electron chi connectivity index (χ2n) is 4.68. The molecule has 0 saturated heterocycles. The molecule has 0 saturated carbocycles. The van der Waals surface area contributed by atoms with Crippen molar-refractivity contribution in [2.75, 3.05) is 0 Å². The Kier molecular flexibility index (Phi) is 3.31. The van der Waals surface area contributed by atoms with Gasteiger partial charge in [-0.25, -0.2) is 9.97 Å². The summed E-state index contributed by atoms with van der Waals surface area (Å²) in [5.41, 5.74) is -3.66. The highest BCUT2D eigenvalue weighted by Crippen LogP contribution is 2.38. The molecule has 3 rings (SSSR count). The maximum atomic E-state index is 13.0. The van der Waals surface area contributed by atoms with E-state index in [0.717, 1.165) is 6.07 Å². The lowest BCUT2D eigenvalue weighted by Gasteiger charge is -2.14. The molecule has 9 heteroatoms. The van der Waals surface area contributed by atoms with Gasteiger partial charge in [0, 0.05) is 17.8 Å². The summed E-state index contributed by atoms with van der Waals surface area (Å²) in [6, 6.07) is 5.64. The van der Waals surface area contributed by atoms with Crippen LogP contribution in [0.1, 0.15) is 11.3 Å². The van der Waals surface area contributed by atoms with E-state index in [0.29, 0.717) is 0 Å². The number of hydrogen-bond acceptors (Lipinski definition) is 2. The number of pyridine rings is 2. The number of halogens is 6. The highest BCUT2D eigenvalue weighted by Gasteiger charge is 2.39. The van der Waals surface area contributed by atoms with E-state index in [1.54, 1.807) is 24.5 Å². The van der Waals surface area contributed by atoms with Gasteiger partial charge in [0.25, 0.3) is 0 Å². The zero-order chi connectivity index (χ0) is 16.8. The van der Waals surface area contributed by atoms with E-state index < -0.39 is 34.6 Å². The summed E-state index contributed by atoms with van der Waals surface area (Å²) < 4.78 is 78.9. The first-order chi connectivity index (χ1) is 10.7. The van der Waals surface area contributed by atoms with Crippen LogP contribution >= 0.6 is 0 Å². The van der Waals surface area contributed by atoms with Crippen molar-refractivity contribution in [2.45, 2.75) is 12.4 Å². The summed E-state index contributed by atoms with van der Waals surface area (Å²) in [7, 11) is 0. The van der Waals surface area contributed by atoms with Crippen LogP contribution in [0.5, 0.6) is 0 Å². The van der Waals surface area contributed by atoms with E-state index in [1.165, 1.54) is 10.6 Å². The van der Waals surface area contributed by atoms with Crippen LogP contribution in [0.15, 0.2) is 42.7 Å². The lowest BCUT2D eigenvalue weighted by atomic mass is 10.1. The molecule has 0 radical (unpaired) electrons. The molecular formula is C14H7F6N3. The summed E-state index contributed by atoms with van der Waals surface area (Å²) in [5, 5.41) is -0.485. The fraction of sp³-hybridized carbons (Fsp3) is 0.143. The third-order valence-electron chi connectivity index (χ3n) is 3.12. The smallest absolute Gasteiger partial charge is 0.309 e. The van der Waals surface area contributed by atoms with Gasteiger partial charge in [-0.2, -0.15) is 26.3 Å². The first-order valence-corrected chi connectivity index (χ1v) is 6.26. The minimum Gasteiger partial charge on any atom is -0.309 e. The first-order valence-electron chi connectivity index (χ1n) is 6.26. The molecule has 0 aromatic carbocycles. The summed E-state index contributed by atoms with van der Waals surface area (Å²) in [5.74, 6) is 0.169. The van der Waals surface area contributed by atoms with Gasteiger partial charge in [0.1, 0.15) is 11.5 Å². The number of rotatable bonds is 1. The van der Waals surface area contributed by atoms with Gasteiger partial charge in [-0.1, -0.05) is 0 Å². The Labute approximate surface area is 125 Å². The molecule has 0 bridgehead atoms. The highest BCUT2D eigenvalue weighted by atomic mass is 19.4. The van der Waals surface area contributed by atoms with Crippen LogP contribution in [-0.4, -0.2) is 14.5 Å². The van der Waals surface area contributed by atoms with E-state index in [1.807, 2.05) is 0 Å². The van der Waals surface area contributed by atoms with Gasteiger partial charge in [-0.15, -0.1) is 0 Å². The molecule has 0 spiro atoms.